The minimum Gasteiger partial charge on any atom is -0.355 e. The van der Waals surface area contributed by atoms with Crippen LogP contribution in [0.2, 0.25) is 0 Å². The Morgan fingerprint density at radius 1 is 1.31 bits per heavy atom. The van der Waals surface area contributed by atoms with E-state index < -0.39 is 12.2 Å². The topological polar surface area (TPSA) is 52.6 Å². The third-order valence-electron chi connectivity index (χ3n) is 2.32. The van der Waals surface area contributed by atoms with E-state index in [1.807, 2.05) is 0 Å². The first-order valence-corrected chi connectivity index (χ1v) is 4.33. The summed E-state index contributed by atoms with van der Waals surface area (Å²) >= 11 is 0. The van der Waals surface area contributed by atoms with Gasteiger partial charge in [-0.2, -0.15) is 0 Å². The predicted octanol–water partition coefficient (Wildman–Crippen LogP) is 0.544. The lowest BCUT2D eigenvalue weighted by molar-refractivity contribution is -0.165. The van der Waals surface area contributed by atoms with Crippen LogP contribution in [0.3, 0.4) is 0 Å². The fraction of sp³-hybridized carbons (Fsp3) is 0.778. The van der Waals surface area contributed by atoms with Gasteiger partial charge in [-0.25, -0.2) is 0 Å². The van der Waals surface area contributed by atoms with Crippen LogP contribution in [-0.4, -0.2) is 32.1 Å². The highest BCUT2D eigenvalue weighted by Crippen LogP contribution is 2.23. The zero-order valence-electron chi connectivity index (χ0n) is 7.91. The van der Waals surface area contributed by atoms with Gasteiger partial charge in [0.2, 0.25) is 5.78 Å². The predicted molar refractivity (Wildman–Crippen MR) is 45.2 cm³/mol. The van der Waals surface area contributed by atoms with Crippen LogP contribution in [-0.2, 0) is 19.1 Å². The average Bonchev–Trinajstić information content (AvgIpc) is 2.14. The summed E-state index contributed by atoms with van der Waals surface area (Å²) in [7, 11) is 2.95. The van der Waals surface area contributed by atoms with E-state index in [1.54, 1.807) is 0 Å². The van der Waals surface area contributed by atoms with E-state index in [9.17, 15) is 9.59 Å². The van der Waals surface area contributed by atoms with Crippen LogP contribution in [0.1, 0.15) is 19.3 Å². The van der Waals surface area contributed by atoms with Crippen molar-refractivity contribution in [3.8, 4) is 0 Å². The Hall–Kier alpha value is -0.740. The van der Waals surface area contributed by atoms with E-state index in [-0.39, 0.29) is 11.6 Å². The molecule has 0 aliphatic heterocycles. The molecule has 13 heavy (non-hydrogen) atoms. The zero-order valence-corrected chi connectivity index (χ0v) is 7.91. The lowest BCUT2D eigenvalue weighted by atomic mass is 9.86. The Bertz CT molecular complexity index is 208. The zero-order chi connectivity index (χ0) is 9.84. The molecule has 1 aliphatic rings. The highest BCUT2D eigenvalue weighted by molar-refractivity contribution is 6.38. The first-order valence-electron chi connectivity index (χ1n) is 4.33. The van der Waals surface area contributed by atoms with Crippen molar-refractivity contribution in [2.24, 2.45) is 5.92 Å². The summed E-state index contributed by atoms with van der Waals surface area (Å²) in [5.74, 6) is -1.05. The molecule has 0 heterocycles. The molecule has 0 N–H and O–H groups in total. The summed E-state index contributed by atoms with van der Waals surface area (Å²) in [6, 6.07) is 0. The maximum absolute atomic E-state index is 11.4. The van der Waals surface area contributed by atoms with Crippen LogP contribution < -0.4 is 0 Å². The van der Waals surface area contributed by atoms with Crippen molar-refractivity contribution in [1.29, 1.82) is 0 Å². The third kappa shape index (κ3) is 2.14. The van der Waals surface area contributed by atoms with Crippen LogP contribution in [0.15, 0.2) is 0 Å². The van der Waals surface area contributed by atoms with Gasteiger partial charge >= 0.3 is 0 Å². The highest BCUT2D eigenvalue weighted by Gasteiger charge is 2.35. The fourth-order valence-corrected chi connectivity index (χ4v) is 1.63. The molecule has 0 bridgehead atoms. The number of methoxy groups -OCH3 is 2. The summed E-state index contributed by atoms with van der Waals surface area (Å²) in [4.78, 5) is 22.5. The van der Waals surface area contributed by atoms with Crippen molar-refractivity contribution in [1.82, 2.24) is 0 Å². The molecule has 4 nitrogen and oxygen atoms in total. The first-order chi connectivity index (χ1) is 6.20. The van der Waals surface area contributed by atoms with Crippen LogP contribution in [0, 0.1) is 5.92 Å². The maximum atomic E-state index is 11.4. The van der Waals surface area contributed by atoms with Crippen LogP contribution in [0.25, 0.3) is 0 Å². The second kappa shape index (κ2) is 4.48. The summed E-state index contributed by atoms with van der Waals surface area (Å²) in [5.41, 5.74) is 0. The molecular formula is C9H14O4. The summed E-state index contributed by atoms with van der Waals surface area (Å²) in [6.45, 7) is 0. The van der Waals surface area contributed by atoms with Crippen LogP contribution >= 0.6 is 0 Å². The standard InChI is InChI=1S/C9H14O4/c1-12-9(13-2)6-4-3-5-7(10)8(6)11/h6,9H,3-5H2,1-2H3. The number of hydrogen-bond acceptors (Lipinski definition) is 4. The van der Waals surface area contributed by atoms with Gasteiger partial charge in [-0.1, -0.05) is 0 Å². The van der Waals surface area contributed by atoms with Gasteiger partial charge in [-0.05, 0) is 12.8 Å². The van der Waals surface area contributed by atoms with Gasteiger partial charge in [0.25, 0.3) is 0 Å². The molecule has 0 amide bonds. The largest absolute Gasteiger partial charge is 0.355 e. The Morgan fingerprint density at radius 3 is 2.46 bits per heavy atom. The van der Waals surface area contributed by atoms with Crippen molar-refractivity contribution in [3.05, 3.63) is 0 Å². The van der Waals surface area contributed by atoms with Crippen molar-refractivity contribution in [2.75, 3.05) is 14.2 Å². The van der Waals surface area contributed by atoms with E-state index >= 15 is 0 Å². The lowest BCUT2D eigenvalue weighted by Gasteiger charge is -2.25. The number of carbonyl (C=O) groups is 2. The molecule has 1 aliphatic carbocycles. The number of Topliss-reactive ketones (excluding diaryl/α,β-unsaturated/α-hetero) is 2. The molecule has 4 heteroatoms. The van der Waals surface area contributed by atoms with E-state index in [0.717, 1.165) is 6.42 Å². The van der Waals surface area contributed by atoms with Gasteiger partial charge in [0.05, 0.1) is 5.92 Å². The molecule has 1 unspecified atom stereocenters. The van der Waals surface area contributed by atoms with Gasteiger partial charge < -0.3 is 9.47 Å². The molecular weight excluding hydrogens is 172 g/mol. The molecule has 1 fully saturated rings. The summed E-state index contributed by atoms with van der Waals surface area (Å²) < 4.78 is 9.92. The third-order valence-corrected chi connectivity index (χ3v) is 2.32. The molecule has 0 radical (unpaired) electrons. The monoisotopic (exact) mass is 186 g/mol. The van der Waals surface area contributed by atoms with Crippen molar-refractivity contribution < 1.29 is 19.1 Å². The van der Waals surface area contributed by atoms with Crippen molar-refractivity contribution in [3.63, 3.8) is 0 Å². The second-order valence-corrected chi connectivity index (χ2v) is 3.13. The number of ketones is 2. The molecule has 0 aromatic rings. The smallest absolute Gasteiger partial charge is 0.206 e. The van der Waals surface area contributed by atoms with Gasteiger partial charge in [0, 0.05) is 20.6 Å². The molecule has 0 aromatic carbocycles. The Balaban J connectivity index is 2.66. The molecule has 1 saturated carbocycles. The quantitative estimate of drug-likeness (QED) is 0.477. The molecule has 0 aromatic heterocycles. The summed E-state index contributed by atoms with van der Waals surface area (Å²) in [5, 5.41) is 0. The summed E-state index contributed by atoms with van der Waals surface area (Å²) in [6.07, 6.45) is 1.22. The van der Waals surface area contributed by atoms with Crippen LogP contribution in [0.4, 0.5) is 0 Å². The molecule has 74 valence electrons. The number of hydrogen-bond donors (Lipinski definition) is 0. The van der Waals surface area contributed by atoms with Gasteiger partial charge in [-0.15, -0.1) is 0 Å². The normalized spacial score (nSPS) is 24.1. The van der Waals surface area contributed by atoms with Gasteiger partial charge in [-0.3, -0.25) is 9.59 Å². The molecule has 1 rings (SSSR count). The number of rotatable bonds is 3. The van der Waals surface area contributed by atoms with Gasteiger partial charge in [0.15, 0.2) is 12.1 Å². The van der Waals surface area contributed by atoms with Crippen molar-refractivity contribution in [2.45, 2.75) is 25.6 Å². The fourth-order valence-electron chi connectivity index (χ4n) is 1.63. The molecule has 0 saturated heterocycles. The molecule has 1 atom stereocenters. The number of carbonyl (C=O) groups excluding carboxylic acids is 2. The van der Waals surface area contributed by atoms with E-state index in [2.05, 4.69) is 0 Å². The maximum Gasteiger partial charge on any atom is 0.206 e. The first kappa shape index (κ1) is 10.3. The minimum atomic E-state index is -0.572. The Labute approximate surface area is 77.2 Å². The lowest BCUT2D eigenvalue weighted by Crippen LogP contribution is -2.38. The average molecular weight is 186 g/mol. The Morgan fingerprint density at radius 2 is 1.92 bits per heavy atom. The molecule has 0 spiro atoms. The van der Waals surface area contributed by atoms with Gasteiger partial charge in [0.1, 0.15) is 0 Å². The second-order valence-electron chi connectivity index (χ2n) is 3.13. The van der Waals surface area contributed by atoms with E-state index in [4.69, 9.17) is 9.47 Å². The van der Waals surface area contributed by atoms with E-state index in [1.165, 1.54) is 14.2 Å². The minimum absolute atomic E-state index is 0.296. The SMILES string of the molecule is COC(OC)C1CCCC(=O)C1=O. The van der Waals surface area contributed by atoms with Crippen molar-refractivity contribution >= 4 is 11.6 Å². The highest BCUT2D eigenvalue weighted by atomic mass is 16.7. The Kier molecular flexibility index (Phi) is 3.57. The van der Waals surface area contributed by atoms with E-state index in [0.29, 0.717) is 12.8 Å². The van der Waals surface area contributed by atoms with Crippen LogP contribution in [0.5, 0.6) is 0 Å². The number of ether oxygens (including phenoxy) is 2.